The fourth-order valence-corrected chi connectivity index (χ4v) is 2.93. The average molecular weight is 275 g/mol. The van der Waals surface area contributed by atoms with Gasteiger partial charge in [-0.1, -0.05) is 0 Å². The van der Waals surface area contributed by atoms with E-state index in [9.17, 15) is 13.2 Å². The molecule has 1 aliphatic heterocycles. The van der Waals surface area contributed by atoms with E-state index in [1.807, 2.05) is 0 Å². The molecule has 1 aromatic heterocycles. The van der Waals surface area contributed by atoms with Gasteiger partial charge in [-0.15, -0.1) is 0 Å². The van der Waals surface area contributed by atoms with Gasteiger partial charge in [0.2, 0.25) is 10.0 Å². The number of hydrogen-bond acceptors (Lipinski definition) is 5. The molecule has 2 rings (SSSR count). The Morgan fingerprint density at radius 2 is 2.44 bits per heavy atom. The maximum Gasteiger partial charge on any atom is 0.313 e. The average Bonchev–Trinajstić information content (AvgIpc) is 2.89. The van der Waals surface area contributed by atoms with Crippen LogP contribution in [0.15, 0.2) is 17.3 Å². The number of aromatic amines is 1. The molecule has 100 valence electrons. The Balaban J connectivity index is 2.22. The van der Waals surface area contributed by atoms with E-state index < -0.39 is 27.4 Å². The summed E-state index contributed by atoms with van der Waals surface area (Å²) >= 11 is 0. The van der Waals surface area contributed by atoms with Crippen LogP contribution >= 0.6 is 0 Å². The van der Waals surface area contributed by atoms with Gasteiger partial charge in [-0.2, -0.15) is 5.10 Å². The molecule has 0 saturated carbocycles. The minimum atomic E-state index is -3.79. The molecule has 1 saturated heterocycles. The first-order valence-corrected chi connectivity index (χ1v) is 6.67. The monoisotopic (exact) mass is 275 g/mol. The van der Waals surface area contributed by atoms with Crippen LogP contribution in [0.4, 0.5) is 0 Å². The van der Waals surface area contributed by atoms with Crippen LogP contribution in [0.5, 0.6) is 0 Å². The lowest BCUT2D eigenvalue weighted by atomic mass is 9.86. The standard InChI is InChI=1S/C9H13N3O5S/c1-9(8(13)14)5-17-4-7(9)12-18(15,16)6-2-10-11-3-6/h2-3,7,12H,4-5H2,1H3,(H,10,11)(H,13,14). The Kier molecular flexibility index (Phi) is 3.13. The molecule has 0 aliphatic carbocycles. The Labute approximate surface area is 103 Å². The number of rotatable bonds is 4. The molecule has 1 aromatic rings. The number of H-pyrrole nitrogens is 1. The molecular weight excluding hydrogens is 262 g/mol. The highest BCUT2D eigenvalue weighted by Gasteiger charge is 2.48. The molecule has 3 N–H and O–H groups in total. The van der Waals surface area contributed by atoms with Crippen LogP contribution in [-0.2, 0) is 19.6 Å². The van der Waals surface area contributed by atoms with Crippen molar-refractivity contribution in [1.82, 2.24) is 14.9 Å². The zero-order valence-electron chi connectivity index (χ0n) is 9.58. The summed E-state index contributed by atoms with van der Waals surface area (Å²) in [6, 6.07) is -0.810. The Bertz CT molecular complexity index is 541. The largest absolute Gasteiger partial charge is 0.481 e. The van der Waals surface area contributed by atoms with Crippen molar-refractivity contribution in [3.05, 3.63) is 12.4 Å². The van der Waals surface area contributed by atoms with Gasteiger partial charge in [0.05, 0.1) is 25.5 Å². The van der Waals surface area contributed by atoms with Crippen LogP contribution < -0.4 is 4.72 Å². The van der Waals surface area contributed by atoms with E-state index in [2.05, 4.69) is 14.9 Å². The third-order valence-electron chi connectivity index (χ3n) is 3.02. The van der Waals surface area contributed by atoms with Crippen molar-refractivity contribution in [3.8, 4) is 0 Å². The van der Waals surface area contributed by atoms with Crippen molar-refractivity contribution < 1.29 is 23.1 Å². The van der Waals surface area contributed by atoms with E-state index in [0.717, 1.165) is 6.20 Å². The fourth-order valence-electron chi connectivity index (χ4n) is 1.69. The topological polar surface area (TPSA) is 121 Å². The first kappa shape index (κ1) is 13.0. The summed E-state index contributed by atoms with van der Waals surface area (Å²) in [5, 5.41) is 15.1. The quantitative estimate of drug-likeness (QED) is 0.660. The molecular formula is C9H13N3O5S. The van der Waals surface area contributed by atoms with Crippen molar-refractivity contribution in [2.24, 2.45) is 5.41 Å². The first-order chi connectivity index (χ1) is 8.36. The van der Waals surface area contributed by atoms with Crippen molar-refractivity contribution in [3.63, 3.8) is 0 Å². The molecule has 1 fully saturated rings. The third-order valence-corrected chi connectivity index (χ3v) is 4.46. The fraction of sp³-hybridized carbons (Fsp3) is 0.556. The summed E-state index contributed by atoms with van der Waals surface area (Å²) in [6.07, 6.45) is 2.37. The Hall–Kier alpha value is -1.45. The molecule has 0 spiro atoms. The minimum absolute atomic E-state index is 0.0269. The highest BCUT2D eigenvalue weighted by atomic mass is 32.2. The number of carbonyl (C=O) groups is 1. The molecule has 0 aromatic carbocycles. The van der Waals surface area contributed by atoms with Gasteiger partial charge in [-0.3, -0.25) is 9.89 Å². The van der Waals surface area contributed by atoms with E-state index in [0.29, 0.717) is 0 Å². The predicted molar refractivity (Wildman–Crippen MR) is 59.3 cm³/mol. The zero-order chi connectivity index (χ0) is 13.4. The Morgan fingerprint density at radius 3 is 3.00 bits per heavy atom. The van der Waals surface area contributed by atoms with Gasteiger partial charge in [0.15, 0.2) is 0 Å². The zero-order valence-corrected chi connectivity index (χ0v) is 10.4. The summed E-state index contributed by atoms with van der Waals surface area (Å²) in [5.74, 6) is -1.10. The number of ether oxygens (including phenoxy) is 1. The minimum Gasteiger partial charge on any atom is -0.481 e. The van der Waals surface area contributed by atoms with Gasteiger partial charge < -0.3 is 9.84 Å². The molecule has 8 nitrogen and oxygen atoms in total. The molecule has 0 amide bonds. The molecule has 2 atom stereocenters. The lowest BCUT2D eigenvalue weighted by molar-refractivity contribution is -0.148. The molecule has 9 heteroatoms. The highest BCUT2D eigenvalue weighted by molar-refractivity contribution is 7.89. The van der Waals surface area contributed by atoms with Crippen molar-refractivity contribution in [2.45, 2.75) is 17.9 Å². The third kappa shape index (κ3) is 2.11. The summed E-state index contributed by atoms with van der Waals surface area (Å²) in [4.78, 5) is 11.1. The van der Waals surface area contributed by atoms with Gasteiger partial charge in [-0.25, -0.2) is 13.1 Å². The van der Waals surface area contributed by atoms with E-state index in [-0.39, 0.29) is 18.1 Å². The summed E-state index contributed by atoms with van der Waals surface area (Å²) in [7, 11) is -3.79. The van der Waals surface area contributed by atoms with E-state index >= 15 is 0 Å². The second kappa shape index (κ2) is 4.34. The maximum atomic E-state index is 11.9. The number of nitrogens with zero attached hydrogens (tertiary/aromatic N) is 1. The number of aromatic nitrogens is 2. The lowest BCUT2D eigenvalue weighted by Crippen LogP contribution is -2.49. The lowest BCUT2D eigenvalue weighted by Gasteiger charge is -2.24. The smallest absolute Gasteiger partial charge is 0.313 e. The summed E-state index contributed by atoms with van der Waals surface area (Å²) in [5.41, 5.74) is -1.27. The summed E-state index contributed by atoms with van der Waals surface area (Å²) in [6.45, 7) is 1.45. The van der Waals surface area contributed by atoms with Gasteiger partial charge in [0.1, 0.15) is 10.3 Å². The van der Waals surface area contributed by atoms with E-state index in [1.54, 1.807) is 0 Å². The number of nitrogens with one attached hydrogen (secondary N) is 2. The molecule has 18 heavy (non-hydrogen) atoms. The van der Waals surface area contributed by atoms with Gasteiger partial charge in [0, 0.05) is 6.20 Å². The Morgan fingerprint density at radius 1 is 1.72 bits per heavy atom. The van der Waals surface area contributed by atoms with Crippen LogP contribution in [0.1, 0.15) is 6.92 Å². The van der Waals surface area contributed by atoms with Gasteiger partial charge >= 0.3 is 5.97 Å². The summed E-state index contributed by atoms with van der Waals surface area (Å²) < 4.78 is 31.3. The number of sulfonamides is 1. The second-order valence-corrected chi connectivity index (χ2v) is 6.06. The predicted octanol–water partition coefficient (Wildman–Crippen LogP) is -0.822. The SMILES string of the molecule is CC1(C(=O)O)COCC1NS(=O)(=O)c1cn[nH]c1. The highest BCUT2D eigenvalue weighted by Crippen LogP contribution is 2.29. The number of aliphatic carboxylic acids is 1. The van der Waals surface area contributed by atoms with Gasteiger partial charge in [0.25, 0.3) is 0 Å². The van der Waals surface area contributed by atoms with Crippen LogP contribution in [0.25, 0.3) is 0 Å². The number of hydrogen-bond donors (Lipinski definition) is 3. The number of carboxylic acid groups (broad SMARTS) is 1. The van der Waals surface area contributed by atoms with Crippen LogP contribution in [-0.4, -0.2) is 48.9 Å². The molecule has 2 heterocycles. The van der Waals surface area contributed by atoms with Crippen molar-refractivity contribution in [1.29, 1.82) is 0 Å². The number of carboxylic acids is 1. The molecule has 0 radical (unpaired) electrons. The van der Waals surface area contributed by atoms with Crippen molar-refractivity contribution >= 4 is 16.0 Å². The van der Waals surface area contributed by atoms with Crippen LogP contribution in [0, 0.1) is 5.41 Å². The first-order valence-electron chi connectivity index (χ1n) is 5.18. The molecule has 2 unspecified atom stereocenters. The van der Waals surface area contributed by atoms with Crippen molar-refractivity contribution in [2.75, 3.05) is 13.2 Å². The van der Waals surface area contributed by atoms with Crippen LogP contribution in [0.2, 0.25) is 0 Å². The van der Waals surface area contributed by atoms with Crippen LogP contribution in [0.3, 0.4) is 0 Å². The maximum absolute atomic E-state index is 11.9. The van der Waals surface area contributed by atoms with E-state index in [4.69, 9.17) is 9.84 Å². The second-order valence-electron chi connectivity index (χ2n) is 4.35. The molecule has 1 aliphatic rings. The van der Waals surface area contributed by atoms with Gasteiger partial charge in [-0.05, 0) is 6.92 Å². The molecule has 0 bridgehead atoms. The normalized spacial score (nSPS) is 28.4. The van der Waals surface area contributed by atoms with E-state index in [1.165, 1.54) is 13.1 Å².